The third kappa shape index (κ3) is 3.71. The first-order chi connectivity index (χ1) is 12.5. The summed E-state index contributed by atoms with van der Waals surface area (Å²) < 4.78 is 25.7. The summed E-state index contributed by atoms with van der Waals surface area (Å²) in [4.78, 5) is 32.4. The summed E-state index contributed by atoms with van der Waals surface area (Å²) >= 11 is 0. The van der Waals surface area contributed by atoms with Crippen LogP contribution in [-0.2, 0) is 0 Å². The molecule has 0 N–H and O–H groups in total. The van der Waals surface area contributed by atoms with Gasteiger partial charge in [-0.25, -0.2) is 4.68 Å². The Balaban J connectivity index is 1.67. The van der Waals surface area contributed by atoms with Crippen LogP contribution in [0.25, 0.3) is 0 Å². The number of pyridine rings is 1. The van der Waals surface area contributed by atoms with E-state index in [0.717, 1.165) is 11.8 Å². The summed E-state index contributed by atoms with van der Waals surface area (Å²) in [6.45, 7) is 0.719. The molecule has 0 saturated carbocycles. The Morgan fingerprint density at radius 3 is 2.38 bits per heavy atom. The number of aromatic nitrogens is 3. The molecule has 0 aliphatic carbocycles. The minimum Gasteiger partial charge on any atom is -0.337 e. The number of halogens is 2. The van der Waals surface area contributed by atoms with Gasteiger partial charge in [0.2, 0.25) is 0 Å². The number of alkyl halides is 2. The van der Waals surface area contributed by atoms with Crippen LogP contribution in [0, 0.1) is 6.92 Å². The van der Waals surface area contributed by atoms with E-state index in [-0.39, 0.29) is 11.6 Å². The smallest absolute Gasteiger partial charge is 0.333 e. The summed E-state index contributed by atoms with van der Waals surface area (Å²) in [6, 6.07) is 3.06. The van der Waals surface area contributed by atoms with Crippen LogP contribution < -0.4 is 0 Å². The average Bonchev–Trinajstić information content (AvgIpc) is 3.00. The standard InChI is InChI=1S/C17H19F2N5O2/c1-12-3-5-20-11-13(12)15(25)22-6-2-7-23(10-9-22)16(26)14-4-8-24(21-14)17(18)19/h3-5,8,11,17H,2,6-7,9-10H2,1H3. The van der Waals surface area contributed by atoms with Crippen molar-refractivity contribution in [3.05, 3.63) is 47.5 Å². The van der Waals surface area contributed by atoms with Crippen molar-refractivity contribution in [1.82, 2.24) is 24.6 Å². The number of amides is 2. The quantitative estimate of drug-likeness (QED) is 0.836. The molecule has 3 heterocycles. The van der Waals surface area contributed by atoms with E-state index in [1.807, 2.05) is 6.92 Å². The average molecular weight is 363 g/mol. The molecule has 2 amide bonds. The third-order valence-corrected chi connectivity index (χ3v) is 4.37. The normalized spacial score (nSPS) is 15.2. The molecule has 1 fully saturated rings. The van der Waals surface area contributed by atoms with E-state index in [9.17, 15) is 18.4 Å². The minimum atomic E-state index is -2.78. The van der Waals surface area contributed by atoms with Crippen LogP contribution in [0.15, 0.2) is 30.7 Å². The molecule has 3 rings (SSSR count). The van der Waals surface area contributed by atoms with Gasteiger partial charge in [0.1, 0.15) is 0 Å². The van der Waals surface area contributed by atoms with Gasteiger partial charge in [0, 0.05) is 44.8 Å². The van der Waals surface area contributed by atoms with E-state index < -0.39 is 12.5 Å². The molecule has 1 aliphatic rings. The second kappa shape index (κ2) is 7.59. The molecule has 0 spiro atoms. The van der Waals surface area contributed by atoms with Crippen molar-refractivity contribution in [3.8, 4) is 0 Å². The highest BCUT2D eigenvalue weighted by Gasteiger charge is 2.25. The van der Waals surface area contributed by atoms with Gasteiger partial charge in [-0.15, -0.1) is 0 Å². The van der Waals surface area contributed by atoms with Crippen LogP contribution in [0.2, 0.25) is 0 Å². The lowest BCUT2D eigenvalue weighted by Gasteiger charge is -2.22. The maximum absolute atomic E-state index is 12.7. The Labute approximate surface area is 149 Å². The van der Waals surface area contributed by atoms with Crippen LogP contribution in [0.4, 0.5) is 8.78 Å². The zero-order chi connectivity index (χ0) is 18.7. The number of hydrogen-bond acceptors (Lipinski definition) is 4. The van der Waals surface area contributed by atoms with E-state index in [1.54, 1.807) is 28.3 Å². The van der Waals surface area contributed by atoms with Gasteiger partial charge in [0.05, 0.1) is 5.56 Å². The molecule has 138 valence electrons. The highest BCUT2D eigenvalue weighted by atomic mass is 19.3. The van der Waals surface area contributed by atoms with Gasteiger partial charge in [-0.05, 0) is 31.0 Å². The SMILES string of the molecule is Cc1ccncc1C(=O)N1CCCN(C(=O)c2ccn(C(F)F)n2)CC1. The van der Waals surface area contributed by atoms with Crippen molar-refractivity contribution in [1.29, 1.82) is 0 Å². The topological polar surface area (TPSA) is 71.3 Å². The molecule has 7 nitrogen and oxygen atoms in total. The molecule has 26 heavy (non-hydrogen) atoms. The van der Waals surface area contributed by atoms with Crippen LogP contribution in [0.3, 0.4) is 0 Å². The predicted octanol–water partition coefficient (Wildman–Crippen LogP) is 1.97. The summed E-state index contributed by atoms with van der Waals surface area (Å²) in [5.41, 5.74) is 1.37. The predicted molar refractivity (Wildman–Crippen MR) is 88.9 cm³/mol. The van der Waals surface area contributed by atoms with Crippen LogP contribution in [0.5, 0.6) is 0 Å². The molecule has 9 heteroatoms. The molecule has 2 aromatic heterocycles. The fraction of sp³-hybridized carbons (Fsp3) is 0.412. The fourth-order valence-corrected chi connectivity index (χ4v) is 2.90. The van der Waals surface area contributed by atoms with Crippen molar-refractivity contribution in [2.75, 3.05) is 26.2 Å². The number of hydrogen-bond donors (Lipinski definition) is 0. The Morgan fingerprint density at radius 2 is 1.77 bits per heavy atom. The van der Waals surface area contributed by atoms with Gasteiger partial charge in [0.25, 0.3) is 11.8 Å². The first kappa shape index (κ1) is 18.0. The lowest BCUT2D eigenvalue weighted by Crippen LogP contribution is -2.37. The summed E-state index contributed by atoms with van der Waals surface area (Å²) in [5.74, 6) is -0.525. The first-order valence-corrected chi connectivity index (χ1v) is 8.30. The highest BCUT2D eigenvalue weighted by Crippen LogP contribution is 2.14. The summed E-state index contributed by atoms with van der Waals surface area (Å²) in [6.07, 6.45) is 4.86. The van der Waals surface area contributed by atoms with E-state index >= 15 is 0 Å². The highest BCUT2D eigenvalue weighted by molar-refractivity contribution is 5.95. The number of rotatable bonds is 3. The van der Waals surface area contributed by atoms with Gasteiger partial charge in [-0.2, -0.15) is 13.9 Å². The van der Waals surface area contributed by atoms with Gasteiger partial charge < -0.3 is 9.80 Å². The monoisotopic (exact) mass is 363 g/mol. The zero-order valence-corrected chi connectivity index (χ0v) is 14.3. The van der Waals surface area contributed by atoms with Crippen molar-refractivity contribution in [3.63, 3.8) is 0 Å². The van der Waals surface area contributed by atoms with Crippen molar-refractivity contribution < 1.29 is 18.4 Å². The van der Waals surface area contributed by atoms with E-state index in [1.165, 1.54) is 6.07 Å². The molecule has 0 unspecified atom stereocenters. The van der Waals surface area contributed by atoms with Gasteiger partial charge in [-0.1, -0.05) is 0 Å². The maximum Gasteiger partial charge on any atom is 0.333 e. The first-order valence-electron chi connectivity index (χ1n) is 8.30. The van der Waals surface area contributed by atoms with Crippen molar-refractivity contribution in [2.45, 2.75) is 19.9 Å². The largest absolute Gasteiger partial charge is 0.337 e. The molecular formula is C17H19F2N5O2. The molecule has 0 bridgehead atoms. The lowest BCUT2D eigenvalue weighted by molar-refractivity contribution is 0.0550. The number of carbonyl (C=O) groups excluding carboxylic acids is 2. The summed E-state index contributed by atoms with van der Waals surface area (Å²) in [5, 5.41) is 3.62. The van der Waals surface area contributed by atoms with E-state index in [4.69, 9.17) is 0 Å². The minimum absolute atomic E-state index is 0.0202. The van der Waals surface area contributed by atoms with Gasteiger partial charge >= 0.3 is 6.55 Å². The second-order valence-corrected chi connectivity index (χ2v) is 6.09. The number of carbonyl (C=O) groups is 2. The molecular weight excluding hydrogens is 344 g/mol. The fourth-order valence-electron chi connectivity index (χ4n) is 2.90. The van der Waals surface area contributed by atoms with Crippen molar-refractivity contribution >= 4 is 11.8 Å². The van der Waals surface area contributed by atoms with Gasteiger partial charge in [0.15, 0.2) is 5.69 Å². The third-order valence-electron chi connectivity index (χ3n) is 4.37. The van der Waals surface area contributed by atoms with Crippen LogP contribution in [-0.4, -0.2) is 62.6 Å². The lowest BCUT2D eigenvalue weighted by atomic mass is 10.1. The molecule has 0 aromatic carbocycles. The summed E-state index contributed by atoms with van der Waals surface area (Å²) in [7, 11) is 0. The molecule has 0 atom stereocenters. The van der Waals surface area contributed by atoms with E-state index in [0.29, 0.717) is 42.8 Å². The van der Waals surface area contributed by atoms with Crippen LogP contribution >= 0.6 is 0 Å². The Morgan fingerprint density at radius 1 is 1.08 bits per heavy atom. The van der Waals surface area contributed by atoms with Crippen LogP contribution in [0.1, 0.15) is 39.4 Å². The Bertz CT molecular complexity index is 808. The van der Waals surface area contributed by atoms with E-state index in [2.05, 4.69) is 10.1 Å². The zero-order valence-electron chi connectivity index (χ0n) is 14.3. The molecule has 2 aromatic rings. The second-order valence-electron chi connectivity index (χ2n) is 6.09. The Hall–Kier alpha value is -2.84. The number of nitrogens with zero attached hydrogens (tertiary/aromatic N) is 5. The Kier molecular flexibility index (Phi) is 5.24. The molecule has 1 saturated heterocycles. The maximum atomic E-state index is 12.7. The van der Waals surface area contributed by atoms with Gasteiger partial charge in [-0.3, -0.25) is 14.6 Å². The molecule has 0 radical (unpaired) electrons. The van der Waals surface area contributed by atoms with Crippen molar-refractivity contribution in [2.24, 2.45) is 0 Å². The molecule has 1 aliphatic heterocycles. The number of aryl methyl sites for hydroxylation is 1.